The van der Waals surface area contributed by atoms with E-state index in [4.69, 9.17) is 4.74 Å². The molecule has 0 bridgehead atoms. The van der Waals surface area contributed by atoms with E-state index in [1.807, 2.05) is 0 Å². The largest absolute Gasteiger partial charge is 0.461 e. The van der Waals surface area contributed by atoms with Crippen LogP contribution in [-0.2, 0) is 4.74 Å². The summed E-state index contributed by atoms with van der Waals surface area (Å²) < 4.78 is 4.88. The van der Waals surface area contributed by atoms with Gasteiger partial charge in [0.2, 0.25) is 5.01 Å². The minimum atomic E-state index is -0.467. The van der Waals surface area contributed by atoms with Crippen LogP contribution < -0.4 is 5.32 Å². The Bertz CT molecular complexity index is 501. The number of hydrogen-bond acceptors (Lipinski definition) is 5. The Morgan fingerprint density at radius 1 is 1.43 bits per heavy atom. The molecule has 5 nitrogen and oxygen atoms in total. The molecule has 2 atom stereocenters. The molecule has 21 heavy (non-hydrogen) atoms. The lowest BCUT2D eigenvalue weighted by atomic mass is 9.84. The van der Waals surface area contributed by atoms with Gasteiger partial charge in [0.25, 0.3) is 5.91 Å². The minimum Gasteiger partial charge on any atom is -0.461 e. The van der Waals surface area contributed by atoms with Crippen LogP contribution in [0.4, 0.5) is 0 Å². The van der Waals surface area contributed by atoms with Gasteiger partial charge in [0.05, 0.1) is 6.61 Å². The molecule has 0 radical (unpaired) electrons. The number of aromatic nitrogens is 1. The quantitative estimate of drug-likeness (QED) is 0.849. The zero-order valence-electron chi connectivity index (χ0n) is 12.6. The first kappa shape index (κ1) is 15.9. The Labute approximate surface area is 129 Å². The molecule has 1 aliphatic carbocycles. The minimum absolute atomic E-state index is 0.191. The van der Waals surface area contributed by atoms with Gasteiger partial charge in [0.15, 0.2) is 0 Å². The van der Waals surface area contributed by atoms with Crippen LogP contribution in [0.15, 0.2) is 5.38 Å². The van der Waals surface area contributed by atoms with Gasteiger partial charge < -0.3 is 10.1 Å². The second kappa shape index (κ2) is 7.54. The highest BCUT2D eigenvalue weighted by molar-refractivity contribution is 7.11. The Hall–Kier alpha value is -1.43. The van der Waals surface area contributed by atoms with Gasteiger partial charge >= 0.3 is 5.97 Å². The van der Waals surface area contributed by atoms with Crippen molar-refractivity contribution in [2.24, 2.45) is 5.92 Å². The molecule has 116 valence electrons. The molecule has 1 fully saturated rings. The third kappa shape index (κ3) is 4.27. The fraction of sp³-hybridized carbons (Fsp3) is 0.667. The molecule has 0 aliphatic heterocycles. The van der Waals surface area contributed by atoms with Crippen LogP contribution in [0.3, 0.4) is 0 Å². The normalized spacial score (nSPS) is 21.8. The molecule has 1 saturated carbocycles. The van der Waals surface area contributed by atoms with E-state index in [1.54, 1.807) is 12.3 Å². The number of carbonyl (C=O) groups is 2. The predicted octanol–water partition coefficient (Wildman–Crippen LogP) is 3.02. The number of carbonyl (C=O) groups excluding carboxylic acids is 2. The molecule has 1 N–H and O–H groups in total. The summed E-state index contributed by atoms with van der Waals surface area (Å²) in [6, 6.07) is 0.226. The van der Waals surface area contributed by atoms with E-state index in [0.29, 0.717) is 18.2 Å². The van der Waals surface area contributed by atoms with Crippen LogP contribution in [0.1, 0.15) is 66.2 Å². The lowest BCUT2D eigenvalue weighted by molar-refractivity contribution is 0.0526. The zero-order chi connectivity index (χ0) is 15.2. The van der Waals surface area contributed by atoms with Crippen molar-refractivity contribution in [2.45, 2.75) is 52.0 Å². The molecule has 1 aromatic rings. The van der Waals surface area contributed by atoms with Gasteiger partial charge in [0, 0.05) is 11.4 Å². The van der Waals surface area contributed by atoms with Gasteiger partial charge in [0.1, 0.15) is 5.69 Å². The van der Waals surface area contributed by atoms with E-state index in [-0.39, 0.29) is 17.0 Å². The van der Waals surface area contributed by atoms with E-state index < -0.39 is 5.97 Å². The lowest BCUT2D eigenvalue weighted by Crippen LogP contribution is -2.38. The van der Waals surface area contributed by atoms with Gasteiger partial charge in [-0.1, -0.05) is 26.2 Å². The third-order valence-electron chi connectivity index (χ3n) is 3.88. The molecule has 1 heterocycles. The van der Waals surface area contributed by atoms with E-state index in [1.165, 1.54) is 6.42 Å². The molecule has 1 aliphatic rings. The number of amides is 1. The maximum Gasteiger partial charge on any atom is 0.367 e. The molecular formula is C15H22N2O3S. The molecule has 1 amide bonds. The summed E-state index contributed by atoms with van der Waals surface area (Å²) >= 11 is 1.15. The molecule has 6 heteroatoms. The Morgan fingerprint density at radius 2 is 2.24 bits per heavy atom. The Balaban J connectivity index is 1.92. The van der Waals surface area contributed by atoms with E-state index in [2.05, 4.69) is 17.2 Å². The van der Waals surface area contributed by atoms with Crippen LogP contribution >= 0.6 is 11.3 Å². The molecule has 2 unspecified atom stereocenters. The highest BCUT2D eigenvalue weighted by atomic mass is 32.1. The molecule has 0 aromatic carbocycles. The maximum atomic E-state index is 12.2. The highest BCUT2D eigenvalue weighted by Gasteiger charge is 2.24. The number of esters is 1. The number of rotatable bonds is 5. The average molecular weight is 310 g/mol. The second-order valence-corrected chi connectivity index (χ2v) is 6.23. The fourth-order valence-electron chi connectivity index (χ4n) is 2.72. The first-order valence-electron chi connectivity index (χ1n) is 7.57. The standard InChI is InChI=1S/C15H22N2O3S/c1-3-10-6-5-7-11(8-10)16-13(18)12-9-21-14(17-12)15(19)20-4-2/h9-11H,3-8H2,1-2H3,(H,16,18). The highest BCUT2D eigenvalue weighted by Crippen LogP contribution is 2.26. The van der Waals surface area contributed by atoms with Gasteiger partial charge in [-0.3, -0.25) is 4.79 Å². The van der Waals surface area contributed by atoms with E-state index >= 15 is 0 Å². The van der Waals surface area contributed by atoms with Crippen molar-refractivity contribution in [3.8, 4) is 0 Å². The fourth-order valence-corrected chi connectivity index (χ4v) is 3.41. The molecule has 2 rings (SSSR count). The predicted molar refractivity (Wildman–Crippen MR) is 81.6 cm³/mol. The van der Waals surface area contributed by atoms with Crippen LogP contribution in [0.5, 0.6) is 0 Å². The monoisotopic (exact) mass is 310 g/mol. The van der Waals surface area contributed by atoms with Crippen molar-refractivity contribution in [2.75, 3.05) is 6.61 Å². The number of ether oxygens (including phenoxy) is 1. The summed E-state index contributed by atoms with van der Waals surface area (Å²) in [5, 5.41) is 4.88. The molecule has 1 aromatic heterocycles. The third-order valence-corrected chi connectivity index (χ3v) is 4.70. The van der Waals surface area contributed by atoms with Crippen LogP contribution in [0.2, 0.25) is 0 Å². The summed E-state index contributed by atoms with van der Waals surface area (Å²) in [6.45, 7) is 4.24. The van der Waals surface area contributed by atoms with E-state index in [0.717, 1.165) is 37.0 Å². The first-order chi connectivity index (χ1) is 10.1. The average Bonchev–Trinajstić information content (AvgIpc) is 2.98. The maximum absolute atomic E-state index is 12.2. The number of thiazole rings is 1. The van der Waals surface area contributed by atoms with Gasteiger partial charge in [-0.05, 0) is 25.7 Å². The zero-order valence-corrected chi connectivity index (χ0v) is 13.4. The van der Waals surface area contributed by atoms with Gasteiger partial charge in [-0.25, -0.2) is 9.78 Å². The smallest absolute Gasteiger partial charge is 0.367 e. The second-order valence-electron chi connectivity index (χ2n) is 5.37. The number of nitrogens with zero attached hydrogens (tertiary/aromatic N) is 1. The Kier molecular flexibility index (Phi) is 5.73. The van der Waals surface area contributed by atoms with E-state index in [9.17, 15) is 9.59 Å². The SMILES string of the molecule is CCOC(=O)c1nc(C(=O)NC2CCCC(CC)C2)cs1. The first-order valence-corrected chi connectivity index (χ1v) is 8.45. The van der Waals surface area contributed by atoms with Crippen molar-refractivity contribution in [1.82, 2.24) is 10.3 Å². The van der Waals surface area contributed by atoms with Crippen molar-refractivity contribution in [3.05, 3.63) is 16.1 Å². The van der Waals surface area contributed by atoms with Crippen LogP contribution in [0.25, 0.3) is 0 Å². The van der Waals surface area contributed by atoms with Crippen molar-refractivity contribution in [1.29, 1.82) is 0 Å². The Morgan fingerprint density at radius 3 is 2.95 bits per heavy atom. The summed E-state index contributed by atoms with van der Waals surface area (Å²) in [4.78, 5) is 27.8. The summed E-state index contributed by atoms with van der Waals surface area (Å²) in [7, 11) is 0. The van der Waals surface area contributed by atoms with Gasteiger partial charge in [-0.15, -0.1) is 11.3 Å². The number of hydrogen-bond donors (Lipinski definition) is 1. The molecule has 0 spiro atoms. The summed E-state index contributed by atoms with van der Waals surface area (Å²) in [5.74, 6) is 0.0448. The summed E-state index contributed by atoms with van der Waals surface area (Å²) in [5.41, 5.74) is 0.307. The number of nitrogens with one attached hydrogen (secondary N) is 1. The van der Waals surface area contributed by atoms with Crippen LogP contribution in [-0.4, -0.2) is 29.5 Å². The molecular weight excluding hydrogens is 288 g/mol. The van der Waals surface area contributed by atoms with Crippen molar-refractivity contribution in [3.63, 3.8) is 0 Å². The van der Waals surface area contributed by atoms with Gasteiger partial charge in [-0.2, -0.15) is 0 Å². The topological polar surface area (TPSA) is 68.3 Å². The van der Waals surface area contributed by atoms with Crippen molar-refractivity contribution >= 4 is 23.2 Å². The lowest BCUT2D eigenvalue weighted by Gasteiger charge is -2.28. The summed E-state index contributed by atoms with van der Waals surface area (Å²) in [6.07, 6.45) is 5.64. The van der Waals surface area contributed by atoms with Crippen LogP contribution in [0, 0.1) is 5.92 Å². The molecule has 0 saturated heterocycles. The van der Waals surface area contributed by atoms with Crippen molar-refractivity contribution < 1.29 is 14.3 Å².